The van der Waals surface area contributed by atoms with Gasteiger partial charge >= 0.3 is 17.9 Å². The van der Waals surface area contributed by atoms with E-state index in [1.54, 1.807) is 20.8 Å². The second kappa shape index (κ2) is 26.5. The molecule has 252 valence electrons. The van der Waals surface area contributed by atoms with Gasteiger partial charge in [-0.15, -0.1) is 0 Å². The molecule has 0 radical (unpaired) electrons. The summed E-state index contributed by atoms with van der Waals surface area (Å²) in [6.45, 7) is 7.66. The van der Waals surface area contributed by atoms with Gasteiger partial charge in [0.25, 0.3) is 0 Å². The predicted octanol–water partition coefficient (Wildman–Crippen LogP) is 9.77. The fourth-order valence-electron chi connectivity index (χ4n) is 6.97. The first-order valence-electron chi connectivity index (χ1n) is 17.9. The molecule has 0 saturated carbocycles. The lowest BCUT2D eigenvalue weighted by molar-refractivity contribution is -0.973. The Bertz CT molecular complexity index is 697. The molecule has 0 aliphatic heterocycles. The van der Waals surface area contributed by atoms with Crippen molar-refractivity contribution in [2.45, 2.75) is 193 Å². The molecular formula is C36H68NO6+. The summed E-state index contributed by atoms with van der Waals surface area (Å²) in [4.78, 5) is 36.8. The summed E-state index contributed by atoms with van der Waals surface area (Å²) in [5, 5.41) is 30.1. The average Bonchev–Trinajstić information content (AvgIpc) is 2.96. The van der Waals surface area contributed by atoms with Crippen LogP contribution in [0.25, 0.3) is 0 Å². The number of hydrogen-bond donors (Lipinski definition) is 3. The molecule has 3 N–H and O–H groups in total. The number of carboxylic acid groups (broad SMARTS) is 3. The molecule has 0 aromatic rings. The maximum atomic E-state index is 12.3. The summed E-state index contributed by atoms with van der Waals surface area (Å²) in [5.74, 6) is -3.35. The number of rotatable bonds is 31. The Labute approximate surface area is 264 Å². The predicted molar refractivity (Wildman–Crippen MR) is 177 cm³/mol. The van der Waals surface area contributed by atoms with Gasteiger partial charge in [0.05, 0.1) is 6.54 Å². The van der Waals surface area contributed by atoms with Crippen molar-refractivity contribution >= 4 is 17.9 Å². The van der Waals surface area contributed by atoms with Crippen molar-refractivity contribution in [3.05, 3.63) is 12.2 Å². The summed E-state index contributed by atoms with van der Waals surface area (Å²) in [6, 6.07) is -3.19. The Morgan fingerprint density at radius 3 is 1.02 bits per heavy atom. The Kier molecular flexibility index (Phi) is 25.3. The number of hydrogen-bond acceptors (Lipinski definition) is 3. The van der Waals surface area contributed by atoms with E-state index in [0.29, 0.717) is 6.42 Å². The van der Waals surface area contributed by atoms with Crippen LogP contribution in [0.15, 0.2) is 12.2 Å². The molecule has 0 aliphatic rings. The molecule has 0 saturated heterocycles. The number of allylic oxidation sites excluding steroid dienone is 2. The van der Waals surface area contributed by atoms with Gasteiger partial charge in [-0.05, 0) is 38.5 Å². The zero-order valence-corrected chi connectivity index (χ0v) is 28.4. The minimum absolute atomic E-state index is 0.191. The van der Waals surface area contributed by atoms with Gasteiger partial charge in [-0.2, -0.15) is 0 Å². The molecule has 0 spiro atoms. The van der Waals surface area contributed by atoms with Crippen LogP contribution in [0.1, 0.15) is 175 Å². The number of carboxylic acids is 3. The number of quaternary nitrogens is 1. The number of aliphatic carboxylic acids is 3. The van der Waals surface area contributed by atoms with E-state index >= 15 is 0 Å². The van der Waals surface area contributed by atoms with E-state index in [9.17, 15) is 29.7 Å². The van der Waals surface area contributed by atoms with E-state index in [0.717, 1.165) is 32.1 Å². The lowest BCUT2D eigenvalue weighted by atomic mass is 9.93. The van der Waals surface area contributed by atoms with Crippen molar-refractivity contribution in [3.63, 3.8) is 0 Å². The van der Waals surface area contributed by atoms with E-state index in [2.05, 4.69) is 19.1 Å². The summed E-state index contributed by atoms with van der Waals surface area (Å²) >= 11 is 0. The average molecular weight is 611 g/mol. The quantitative estimate of drug-likeness (QED) is 0.0409. The first kappa shape index (κ1) is 41.1. The first-order chi connectivity index (χ1) is 20.7. The molecule has 0 heterocycles. The molecule has 0 amide bonds. The maximum Gasteiger partial charge on any atom is 0.362 e. The van der Waals surface area contributed by atoms with Crippen LogP contribution in [0.5, 0.6) is 0 Å². The van der Waals surface area contributed by atoms with E-state index in [1.807, 2.05) is 0 Å². The van der Waals surface area contributed by atoms with Crippen LogP contribution in [0.4, 0.5) is 0 Å². The third kappa shape index (κ3) is 16.7. The van der Waals surface area contributed by atoms with Gasteiger partial charge in [0.15, 0.2) is 18.1 Å². The molecule has 0 fully saturated rings. The number of carbonyl (C=O) groups is 3. The third-order valence-corrected chi connectivity index (χ3v) is 9.31. The van der Waals surface area contributed by atoms with Crippen LogP contribution in [0.3, 0.4) is 0 Å². The molecule has 0 bridgehead atoms. The molecular weight excluding hydrogens is 542 g/mol. The summed E-state index contributed by atoms with van der Waals surface area (Å²) in [6.07, 6.45) is 29.9. The highest BCUT2D eigenvalue weighted by Crippen LogP contribution is 2.32. The van der Waals surface area contributed by atoms with Gasteiger partial charge in [-0.1, -0.05) is 130 Å². The van der Waals surface area contributed by atoms with Gasteiger partial charge in [0.2, 0.25) is 0 Å². The Hall–Kier alpha value is -1.89. The van der Waals surface area contributed by atoms with E-state index in [1.165, 1.54) is 89.9 Å². The molecule has 0 aromatic heterocycles. The first-order valence-corrected chi connectivity index (χ1v) is 17.9. The van der Waals surface area contributed by atoms with Crippen molar-refractivity contribution in [1.82, 2.24) is 0 Å². The van der Waals surface area contributed by atoms with E-state index in [-0.39, 0.29) is 25.8 Å². The van der Waals surface area contributed by atoms with Crippen LogP contribution in [-0.2, 0) is 14.4 Å². The fourth-order valence-corrected chi connectivity index (χ4v) is 6.97. The van der Waals surface area contributed by atoms with Gasteiger partial charge in [0.1, 0.15) is 0 Å². The summed E-state index contributed by atoms with van der Waals surface area (Å²) in [5.41, 5.74) is 0. The topological polar surface area (TPSA) is 112 Å². The van der Waals surface area contributed by atoms with Crippen LogP contribution in [-0.4, -0.2) is 62.4 Å². The lowest BCUT2D eigenvalue weighted by Gasteiger charge is -2.49. The molecule has 7 heteroatoms. The highest BCUT2D eigenvalue weighted by molar-refractivity contribution is 5.78. The van der Waals surface area contributed by atoms with Crippen LogP contribution >= 0.6 is 0 Å². The summed E-state index contributed by atoms with van der Waals surface area (Å²) < 4.78 is -0.408. The van der Waals surface area contributed by atoms with Crippen molar-refractivity contribution in [2.75, 3.05) is 6.54 Å². The van der Waals surface area contributed by atoms with Gasteiger partial charge in [-0.3, -0.25) is 4.48 Å². The molecule has 0 aromatic carbocycles. The Balaban J connectivity index is 4.33. The van der Waals surface area contributed by atoms with Crippen LogP contribution in [0, 0.1) is 0 Å². The largest absolute Gasteiger partial charge is 0.477 e. The van der Waals surface area contributed by atoms with Crippen molar-refractivity contribution in [2.24, 2.45) is 0 Å². The van der Waals surface area contributed by atoms with Crippen LogP contribution < -0.4 is 0 Å². The minimum Gasteiger partial charge on any atom is -0.477 e. The van der Waals surface area contributed by atoms with Crippen molar-refractivity contribution in [3.8, 4) is 0 Å². The number of unbranched alkanes of at least 4 members (excludes halogenated alkanes) is 18. The minimum atomic E-state index is -1.12. The smallest absolute Gasteiger partial charge is 0.362 e. The SMILES string of the molecule is CCCCCCCCCCCCC/C=C\CCCCCCCCC[N+](C(CC)C(=O)O)(C(CC)C(=O)O)C(CC)C(=O)O. The highest BCUT2D eigenvalue weighted by Gasteiger charge is 2.55. The van der Waals surface area contributed by atoms with Crippen molar-refractivity contribution in [1.29, 1.82) is 0 Å². The number of nitrogens with zero attached hydrogens (tertiary/aromatic N) is 1. The van der Waals surface area contributed by atoms with E-state index in [4.69, 9.17) is 0 Å². The van der Waals surface area contributed by atoms with Gasteiger partial charge in [-0.25, -0.2) is 14.4 Å². The molecule has 7 nitrogen and oxygen atoms in total. The van der Waals surface area contributed by atoms with E-state index < -0.39 is 40.5 Å². The normalized spacial score (nSPS) is 15.3. The second-order valence-corrected chi connectivity index (χ2v) is 12.6. The lowest BCUT2D eigenvalue weighted by Crippen LogP contribution is -2.72. The summed E-state index contributed by atoms with van der Waals surface area (Å²) in [7, 11) is 0. The molecule has 0 aliphatic carbocycles. The second-order valence-electron chi connectivity index (χ2n) is 12.6. The third-order valence-electron chi connectivity index (χ3n) is 9.31. The van der Waals surface area contributed by atoms with Gasteiger partial charge < -0.3 is 15.3 Å². The fraction of sp³-hybridized carbons (Fsp3) is 0.861. The standard InChI is InChI=1S/C36H67NO6/c1-5-9-10-11-12-13-14-15-16-17-18-19-20-21-22-23-24-25-26-27-28-29-30-37(31(6-2)34(38)39,32(7-3)35(40)41)33(8-4)36(42)43/h20-21,31-33H,5-19,22-30H2,1-4H3,(H2-,38,39,40,41,42,43)/p+1/b21-20-. The Morgan fingerprint density at radius 2 is 0.744 bits per heavy atom. The van der Waals surface area contributed by atoms with Crippen molar-refractivity contribution < 1.29 is 34.2 Å². The van der Waals surface area contributed by atoms with Gasteiger partial charge in [0, 0.05) is 19.3 Å². The molecule has 0 rings (SSSR count). The highest BCUT2D eigenvalue weighted by atomic mass is 16.4. The zero-order chi connectivity index (χ0) is 32.3. The molecule has 43 heavy (non-hydrogen) atoms. The molecule has 3 unspecified atom stereocenters. The van der Waals surface area contributed by atoms with Crippen LogP contribution in [0.2, 0.25) is 0 Å². The zero-order valence-electron chi connectivity index (χ0n) is 28.4. The maximum absolute atomic E-state index is 12.3. The molecule has 3 atom stereocenters. The monoisotopic (exact) mass is 611 g/mol. The Morgan fingerprint density at radius 1 is 0.465 bits per heavy atom.